The topological polar surface area (TPSA) is 91.7 Å². The van der Waals surface area contributed by atoms with Crippen LogP contribution in [0.25, 0.3) is 20.8 Å². The number of nitrogen functional groups attached to an aromatic ring is 1. The second-order valence-corrected chi connectivity index (χ2v) is 5.47. The fourth-order valence-electron chi connectivity index (χ4n) is 2.02. The minimum Gasteiger partial charge on any atom is -0.384 e. The highest BCUT2D eigenvalue weighted by atomic mass is 32.1. The fourth-order valence-corrected chi connectivity index (χ4v) is 3.09. The van der Waals surface area contributed by atoms with Crippen LogP contribution in [0.1, 0.15) is 0 Å². The van der Waals surface area contributed by atoms with Gasteiger partial charge >= 0.3 is 0 Å². The maximum Gasteiger partial charge on any atom is 0.126 e. The molecule has 0 aliphatic carbocycles. The fraction of sp³-hybridized carbons (Fsp3) is 0.231. The van der Waals surface area contributed by atoms with E-state index in [1.54, 1.807) is 17.5 Å². The first-order valence-electron chi connectivity index (χ1n) is 6.36. The number of fused-ring (bicyclic) bond motifs is 1. The molecule has 0 saturated carbocycles. The molecule has 3 aromatic rings. The van der Waals surface area contributed by atoms with Crippen LogP contribution in [0.5, 0.6) is 0 Å². The van der Waals surface area contributed by atoms with Gasteiger partial charge in [-0.3, -0.25) is 5.10 Å². The van der Waals surface area contributed by atoms with E-state index in [0.717, 1.165) is 39.6 Å². The first-order chi connectivity index (χ1) is 9.78. The highest BCUT2D eigenvalue weighted by molar-refractivity contribution is 7.22. The quantitative estimate of drug-likeness (QED) is 0.538. The van der Waals surface area contributed by atoms with Crippen LogP contribution < -0.4 is 16.4 Å². The molecular weight excluding hydrogens is 272 g/mol. The second kappa shape index (κ2) is 5.48. The molecule has 0 aliphatic heterocycles. The molecule has 0 aliphatic rings. The SMILES string of the molecule is CNCCNc1cc(N)nc2cc(-c3ccn[nH]3)sc12. The number of nitrogens with two attached hydrogens (primary N) is 1. The van der Waals surface area contributed by atoms with Crippen molar-refractivity contribution < 1.29 is 0 Å². The van der Waals surface area contributed by atoms with Gasteiger partial charge in [-0.2, -0.15) is 5.10 Å². The first kappa shape index (κ1) is 12.9. The molecular formula is C13H16N6S. The number of rotatable bonds is 5. The zero-order valence-electron chi connectivity index (χ0n) is 11.1. The Morgan fingerprint density at radius 1 is 1.35 bits per heavy atom. The minimum atomic E-state index is 0.526. The predicted molar refractivity (Wildman–Crippen MR) is 84.0 cm³/mol. The Kier molecular flexibility index (Phi) is 3.53. The van der Waals surface area contributed by atoms with Gasteiger partial charge < -0.3 is 16.4 Å². The summed E-state index contributed by atoms with van der Waals surface area (Å²) in [4.78, 5) is 5.50. The van der Waals surface area contributed by atoms with E-state index in [-0.39, 0.29) is 0 Å². The van der Waals surface area contributed by atoms with Crippen molar-refractivity contribution in [3.63, 3.8) is 0 Å². The van der Waals surface area contributed by atoms with Gasteiger partial charge in [-0.05, 0) is 19.2 Å². The van der Waals surface area contributed by atoms with E-state index in [0.29, 0.717) is 5.82 Å². The maximum atomic E-state index is 5.87. The van der Waals surface area contributed by atoms with Crippen molar-refractivity contribution in [1.82, 2.24) is 20.5 Å². The molecule has 20 heavy (non-hydrogen) atoms. The maximum absolute atomic E-state index is 5.87. The summed E-state index contributed by atoms with van der Waals surface area (Å²) < 4.78 is 1.11. The molecule has 6 nitrogen and oxygen atoms in total. The van der Waals surface area contributed by atoms with Crippen molar-refractivity contribution in [1.29, 1.82) is 0 Å². The van der Waals surface area contributed by atoms with Crippen molar-refractivity contribution in [3.8, 4) is 10.6 Å². The van der Waals surface area contributed by atoms with Crippen LogP contribution in [-0.2, 0) is 0 Å². The number of hydrogen-bond acceptors (Lipinski definition) is 6. The van der Waals surface area contributed by atoms with E-state index in [2.05, 4.69) is 25.8 Å². The lowest BCUT2D eigenvalue weighted by atomic mass is 10.3. The zero-order chi connectivity index (χ0) is 13.9. The Hall–Kier alpha value is -2.12. The Labute approximate surface area is 120 Å². The summed E-state index contributed by atoms with van der Waals surface area (Å²) in [7, 11) is 1.93. The number of nitrogens with zero attached hydrogens (tertiary/aromatic N) is 2. The molecule has 3 rings (SSSR count). The predicted octanol–water partition coefficient (Wildman–Crippen LogP) is 1.90. The Morgan fingerprint density at radius 3 is 3.00 bits per heavy atom. The van der Waals surface area contributed by atoms with Gasteiger partial charge in [-0.1, -0.05) is 0 Å². The summed E-state index contributed by atoms with van der Waals surface area (Å²) in [5, 5.41) is 13.5. The van der Waals surface area contributed by atoms with Gasteiger partial charge in [0.2, 0.25) is 0 Å². The third-order valence-electron chi connectivity index (χ3n) is 2.96. The Morgan fingerprint density at radius 2 is 2.25 bits per heavy atom. The average Bonchev–Trinajstić information content (AvgIpc) is 3.06. The number of nitrogens with one attached hydrogen (secondary N) is 3. The number of pyridine rings is 1. The number of hydrogen-bond donors (Lipinski definition) is 4. The zero-order valence-corrected chi connectivity index (χ0v) is 11.9. The molecule has 0 unspecified atom stereocenters. The van der Waals surface area contributed by atoms with Crippen LogP contribution in [0.4, 0.5) is 11.5 Å². The van der Waals surface area contributed by atoms with Crippen LogP contribution in [0, 0.1) is 0 Å². The van der Waals surface area contributed by atoms with Crippen molar-refractivity contribution in [2.75, 3.05) is 31.2 Å². The van der Waals surface area contributed by atoms with Crippen molar-refractivity contribution >= 4 is 33.1 Å². The van der Waals surface area contributed by atoms with E-state index in [1.807, 2.05) is 25.2 Å². The normalized spacial score (nSPS) is 11.1. The van der Waals surface area contributed by atoms with Crippen LogP contribution in [0.2, 0.25) is 0 Å². The molecule has 0 atom stereocenters. The van der Waals surface area contributed by atoms with E-state index in [4.69, 9.17) is 5.73 Å². The van der Waals surface area contributed by atoms with Crippen LogP contribution in [0.3, 0.4) is 0 Å². The van der Waals surface area contributed by atoms with Gasteiger partial charge in [0.05, 0.1) is 26.5 Å². The molecule has 0 spiro atoms. The summed E-state index contributed by atoms with van der Waals surface area (Å²) in [6.07, 6.45) is 1.74. The van der Waals surface area contributed by atoms with Crippen molar-refractivity contribution in [2.24, 2.45) is 0 Å². The number of aromatic amines is 1. The lowest BCUT2D eigenvalue weighted by Crippen LogP contribution is -2.17. The van der Waals surface area contributed by atoms with Gasteiger partial charge in [0.25, 0.3) is 0 Å². The molecule has 0 fully saturated rings. The van der Waals surface area contributed by atoms with Gasteiger partial charge in [0, 0.05) is 25.4 Å². The van der Waals surface area contributed by atoms with Gasteiger partial charge in [0.15, 0.2) is 0 Å². The molecule has 7 heteroatoms. The lowest BCUT2D eigenvalue weighted by Gasteiger charge is -2.07. The molecule has 3 heterocycles. The molecule has 3 aromatic heterocycles. The number of anilines is 2. The van der Waals surface area contributed by atoms with Crippen LogP contribution in [0.15, 0.2) is 24.4 Å². The van der Waals surface area contributed by atoms with E-state index in [1.165, 1.54) is 0 Å². The standard InChI is InChI=1S/C13H16N6S/c1-15-4-5-16-9-7-12(14)18-10-6-11(20-13(9)10)8-2-3-17-19-8/h2-3,6-7,15H,4-5H2,1H3,(H,17,19)(H3,14,16,18). The lowest BCUT2D eigenvalue weighted by molar-refractivity contribution is 0.824. The Balaban J connectivity index is 2.01. The highest BCUT2D eigenvalue weighted by Gasteiger charge is 2.11. The molecule has 5 N–H and O–H groups in total. The first-order valence-corrected chi connectivity index (χ1v) is 7.18. The minimum absolute atomic E-state index is 0.526. The number of thiophene rings is 1. The molecule has 0 bridgehead atoms. The third-order valence-corrected chi connectivity index (χ3v) is 4.15. The number of aromatic nitrogens is 3. The molecule has 0 amide bonds. The average molecular weight is 288 g/mol. The third kappa shape index (κ3) is 2.45. The number of likely N-dealkylation sites (N-methyl/N-ethyl adjacent to an activating group) is 1. The monoisotopic (exact) mass is 288 g/mol. The van der Waals surface area contributed by atoms with Gasteiger partial charge in [-0.15, -0.1) is 11.3 Å². The summed E-state index contributed by atoms with van der Waals surface area (Å²) >= 11 is 1.68. The van der Waals surface area contributed by atoms with Crippen molar-refractivity contribution in [3.05, 3.63) is 24.4 Å². The van der Waals surface area contributed by atoms with Gasteiger partial charge in [-0.25, -0.2) is 4.98 Å². The molecule has 0 saturated heterocycles. The van der Waals surface area contributed by atoms with Crippen LogP contribution >= 0.6 is 11.3 Å². The summed E-state index contributed by atoms with van der Waals surface area (Å²) in [6, 6.07) is 5.86. The van der Waals surface area contributed by atoms with E-state index in [9.17, 15) is 0 Å². The molecule has 104 valence electrons. The summed E-state index contributed by atoms with van der Waals surface area (Å²) in [6.45, 7) is 1.73. The van der Waals surface area contributed by atoms with Crippen molar-refractivity contribution in [2.45, 2.75) is 0 Å². The number of H-pyrrole nitrogens is 1. The Bertz CT molecular complexity index is 703. The van der Waals surface area contributed by atoms with Crippen LogP contribution in [-0.4, -0.2) is 35.3 Å². The smallest absolute Gasteiger partial charge is 0.126 e. The van der Waals surface area contributed by atoms with E-state index >= 15 is 0 Å². The molecule has 0 radical (unpaired) electrons. The largest absolute Gasteiger partial charge is 0.384 e. The van der Waals surface area contributed by atoms with Gasteiger partial charge in [0.1, 0.15) is 5.82 Å². The van der Waals surface area contributed by atoms with E-state index < -0.39 is 0 Å². The second-order valence-electron chi connectivity index (χ2n) is 4.42. The summed E-state index contributed by atoms with van der Waals surface area (Å²) in [5.41, 5.74) is 8.80. The molecule has 0 aromatic carbocycles. The summed E-state index contributed by atoms with van der Waals surface area (Å²) in [5.74, 6) is 0.526. The highest BCUT2D eigenvalue weighted by Crippen LogP contribution is 2.36.